The molecule has 0 radical (unpaired) electrons. The fourth-order valence-electron chi connectivity index (χ4n) is 3.33. The summed E-state index contributed by atoms with van der Waals surface area (Å²) in [6.45, 7) is 1.36. The first-order valence-corrected chi connectivity index (χ1v) is 9.00. The lowest BCUT2D eigenvalue weighted by molar-refractivity contribution is 0.253. The molecule has 0 atom stereocenters. The Balaban J connectivity index is 1.56. The first-order chi connectivity index (χ1) is 13.2. The molecule has 2 amide bonds. The van der Waals surface area contributed by atoms with Crippen LogP contribution in [0.25, 0.3) is 11.1 Å². The average molecular weight is 359 g/mol. The third kappa shape index (κ3) is 3.74. The molecule has 2 aromatic heterocycles. The van der Waals surface area contributed by atoms with Gasteiger partial charge in [0.25, 0.3) is 0 Å². The molecular formula is C21H21N5O. The summed E-state index contributed by atoms with van der Waals surface area (Å²) >= 11 is 0. The predicted molar refractivity (Wildman–Crippen MR) is 106 cm³/mol. The number of fused-ring (bicyclic) bond motifs is 1. The molecule has 6 heteroatoms. The van der Waals surface area contributed by atoms with Crippen LogP contribution in [0.5, 0.6) is 0 Å². The van der Waals surface area contributed by atoms with Gasteiger partial charge in [0.1, 0.15) is 5.82 Å². The highest BCUT2D eigenvalue weighted by atomic mass is 16.2. The molecule has 0 bridgehead atoms. The molecule has 3 N–H and O–H groups in total. The summed E-state index contributed by atoms with van der Waals surface area (Å²) in [4.78, 5) is 22.0. The Morgan fingerprint density at radius 1 is 1.11 bits per heavy atom. The van der Waals surface area contributed by atoms with Crippen LogP contribution in [-0.2, 0) is 13.0 Å². The van der Waals surface area contributed by atoms with Gasteiger partial charge in [0, 0.05) is 42.8 Å². The van der Waals surface area contributed by atoms with Crippen molar-refractivity contribution in [1.82, 2.24) is 9.97 Å². The van der Waals surface area contributed by atoms with E-state index in [1.807, 2.05) is 30.6 Å². The Bertz CT molecular complexity index is 958. The van der Waals surface area contributed by atoms with Gasteiger partial charge in [-0.15, -0.1) is 0 Å². The highest BCUT2D eigenvalue weighted by Gasteiger charge is 2.22. The Kier molecular flexibility index (Phi) is 4.70. The third-order valence-corrected chi connectivity index (χ3v) is 4.70. The van der Waals surface area contributed by atoms with E-state index in [0.717, 1.165) is 41.8 Å². The predicted octanol–water partition coefficient (Wildman–Crippen LogP) is 3.59. The van der Waals surface area contributed by atoms with Crippen molar-refractivity contribution in [3.63, 3.8) is 0 Å². The van der Waals surface area contributed by atoms with E-state index < -0.39 is 6.03 Å². The molecule has 0 saturated carbocycles. The molecule has 136 valence electrons. The fraction of sp³-hybridized carbons (Fsp3) is 0.190. The zero-order valence-corrected chi connectivity index (χ0v) is 14.9. The van der Waals surface area contributed by atoms with Crippen molar-refractivity contribution in [1.29, 1.82) is 0 Å². The molecule has 6 nitrogen and oxygen atoms in total. The number of primary amides is 1. The third-order valence-electron chi connectivity index (χ3n) is 4.70. The Morgan fingerprint density at radius 3 is 2.74 bits per heavy atom. The standard InChI is InChI=1S/C21H21N5O/c22-21(27)26-8-4-7-16-9-17(13-25-20(16)26)18-10-19(14-23-12-18)24-11-15-5-2-1-3-6-15/h1-3,5-6,9-10,12-14,24H,4,7-8,11H2,(H2,22,27). The van der Waals surface area contributed by atoms with Crippen LogP contribution in [0.1, 0.15) is 17.5 Å². The van der Waals surface area contributed by atoms with Gasteiger partial charge in [0.2, 0.25) is 0 Å². The number of carbonyl (C=O) groups is 1. The van der Waals surface area contributed by atoms with Crippen LogP contribution in [0.3, 0.4) is 0 Å². The van der Waals surface area contributed by atoms with Gasteiger partial charge >= 0.3 is 6.03 Å². The van der Waals surface area contributed by atoms with E-state index in [2.05, 4.69) is 39.6 Å². The van der Waals surface area contributed by atoms with Crippen LogP contribution >= 0.6 is 0 Å². The van der Waals surface area contributed by atoms with Gasteiger partial charge in [0.15, 0.2) is 0 Å². The SMILES string of the molecule is NC(=O)N1CCCc2cc(-c3cncc(NCc4ccccc4)c3)cnc21. The number of aromatic nitrogens is 2. The molecule has 0 aliphatic carbocycles. The van der Waals surface area contributed by atoms with E-state index in [4.69, 9.17) is 5.73 Å². The molecule has 1 aliphatic heterocycles. The van der Waals surface area contributed by atoms with Crippen LogP contribution < -0.4 is 16.0 Å². The quantitative estimate of drug-likeness (QED) is 0.746. The van der Waals surface area contributed by atoms with Gasteiger partial charge < -0.3 is 11.1 Å². The van der Waals surface area contributed by atoms with E-state index in [1.54, 1.807) is 11.1 Å². The van der Waals surface area contributed by atoms with Crippen LogP contribution in [0.15, 0.2) is 61.1 Å². The maximum Gasteiger partial charge on any atom is 0.320 e. The number of amides is 2. The van der Waals surface area contributed by atoms with E-state index in [9.17, 15) is 4.79 Å². The number of pyridine rings is 2. The molecule has 0 fully saturated rings. The monoisotopic (exact) mass is 359 g/mol. The van der Waals surface area contributed by atoms with Gasteiger partial charge in [0.05, 0.1) is 5.69 Å². The number of rotatable bonds is 4. The van der Waals surface area contributed by atoms with Crippen molar-refractivity contribution in [3.8, 4) is 11.1 Å². The van der Waals surface area contributed by atoms with Gasteiger partial charge in [-0.25, -0.2) is 9.78 Å². The number of urea groups is 1. The van der Waals surface area contributed by atoms with Gasteiger partial charge in [-0.05, 0) is 36.1 Å². The number of benzene rings is 1. The second kappa shape index (κ2) is 7.45. The zero-order chi connectivity index (χ0) is 18.6. The number of carbonyl (C=O) groups excluding carboxylic acids is 1. The first-order valence-electron chi connectivity index (χ1n) is 9.00. The van der Waals surface area contributed by atoms with Crippen molar-refractivity contribution >= 4 is 17.5 Å². The molecule has 0 unspecified atom stereocenters. The number of hydrogen-bond acceptors (Lipinski definition) is 4. The number of aryl methyl sites for hydroxylation is 1. The fourth-order valence-corrected chi connectivity index (χ4v) is 3.33. The summed E-state index contributed by atoms with van der Waals surface area (Å²) in [5.74, 6) is 0.670. The van der Waals surface area contributed by atoms with Crippen molar-refractivity contribution in [3.05, 3.63) is 72.2 Å². The first kappa shape index (κ1) is 17.0. The lowest BCUT2D eigenvalue weighted by Crippen LogP contribution is -2.40. The van der Waals surface area contributed by atoms with Gasteiger partial charge in [-0.1, -0.05) is 30.3 Å². The minimum absolute atomic E-state index is 0.454. The lowest BCUT2D eigenvalue weighted by atomic mass is 10.0. The Labute approximate surface area is 158 Å². The summed E-state index contributed by atoms with van der Waals surface area (Å²) < 4.78 is 0. The summed E-state index contributed by atoms with van der Waals surface area (Å²) in [6, 6.07) is 13.9. The number of hydrogen-bond donors (Lipinski definition) is 2. The van der Waals surface area contributed by atoms with Gasteiger partial charge in [-0.3, -0.25) is 9.88 Å². The largest absolute Gasteiger partial charge is 0.380 e. The van der Waals surface area contributed by atoms with Gasteiger partial charge in [-0.2, -0.15) is 0 Å². The Morgan fingerprint density at radius 2 is 1.93 bits per heavy atom. The molecule has 3 aromatic rings. The topological polar surface area (TPSA) is 84.1 Å². The van der Waals surface area contributed by atoms with E-state index >= 15 is 0 Å². The molecule has 4 rings (SSSR count). The molecule has 27 heavy (non-hydrogen) atoms. The average Bonchev–Trinajstić information content (AvgIpc) is 2.72. The normalized spacial score (nSPS) is 13.1. The van der Waals surface area contributed by atoms with Crippen molar-refractivity contribution in [2.24, 2.45) is 5.73 Å². The second-order valence-corrected chi connectivity index (χ2v) is 6.60. The van der Waals surface area contributed by atoms with Crippen LogP contribution in [0, 0.1) is 0 Å². The molecule has 1 aliphatic rings. The summed E-state index contributed by atoms with van der Waals surface area (Å²) in [6.07, 6.45) is 7.19. The van der Waals surface area contributed by atoms with E-state index in [0.29, 0.717) is 12.4 Å². The molecule has 0 spiro atoms. The summed E-state index contributed by atoms with van der Waals surface area (Å²) in [5.41, 5.74) is 10.6. The molecule has 3 heterocycles. The maximum atomic E-state index is 11.6. The minimum Gasteiger partial charge on any atom is -0.380 e. The number of nitrogens with zero attached hydrogens (tertiary/aromatic N) is 3. The van der Waals surface area contributed by atoms with Crippen molar-refractivity contribution in [2.45, 2.75) is 19.4 Å². The highest BCUT2D eigenvalue weighted by Crippen LogP contribution is 2.29. The summed E-state index contributed by atoms with van der Waals surface area (Å²) in [7, 11) is 0. The van der Waals surface area contributed by atoms with E-state index in [-0.39, 0.29) is 0 Å². The highest BCUT2D eigenvalue weighted by molar-refractivity contribution is 5.91. The zero-order valence-electron chi connectivity index (χ0n) is 14.9. The molecule has 1 aromatic carbocycles. The van der Waals surface area contributed by atoms with Crippen LogP contribution in [-0.4, -0.2) is 22.5 Å². The van der Waals surface area contributed by atoms with Crippen molar-refractivity contribution < 1.29 is 4.79 Å². The second-order valence-electron chi connectivity index (χ2n) is 6.60. The van der Waals surface area contributed by atoms with E-state index in [1.165, 1.54) is 5.56 Å². The minimum atomic E-state index is -0.454. The molecular weight excluding hydrogens is 338 g/mol. The number of nitrogens with two attached hydrogens (primary N) is 1. The van der Waals surface area contributed by atoms with Crippen molar-refractivity contribution in [2.75, 3.05) is 16.8 Å². The Hall–Kier alpha value is -3.41. The smallest absolute Gasteiger partial charge is 0.320 e. The molecule has 0 saturated heterocycles. The lowest BCUT2D eigenvalue weighted by Gasteiger charge is -2.26. The van der Waals surface area contributed by atoms with Crippen LogP contribution in [0.4, 0.5) is 16.3 Å². The summed E-state index contributed by atoms with van der Waals surface area (Å²) in [5, 5.41) is 3.40. The van der Waals surface area contributed by atoms with Crippen LogP contribution in [0.2, 0.25) is 0 Å². The maximum absolute atomic E-state index is 11.6. The number of nitrogens with one attached hydrogen (secondary N) is 1. The number of anilines is 2.